The molecule has 2 rings (SSSR count). The van der Waals surface area contributed by atoms with Gasteiger partial charge in [-0.1, -0.05) is 5.16 Å². The summed E-state index contributed by atoms with van der Waals surface area (Å²) in [5, 5.41) is 6.81. The SMILES string of the molecule is CN=C(NCCC(=O)N(C)C)N1CCN(S(=O)(=O)Cc2ccon2)CC1. The molecule has 1 aliphatic rings. The van der Waals surface area contributed by atoms with Gasteiger partial charge < -0.3 is 19.6 Å². The summed E-state index contributed by atoms with van der Waals surface area (Å²) in [6.45, 7) is 2.28. The predicted molar refractivity (Wildman–Crippen MR) is 96.9 cm³/mol. The molecular weight excluding hydrogens is 360 g/mol. The lowest BCUT2D eigenvalue weighted by Gasteiger charge is -2.35. The molecule has 11 heteroatoms. The number of sulfonamides is 1. The maximum atomic E-state index is 12.4. The van der Waals surface area contributed by atoms with Crippen molar-refractivity contribution in [3.63, 3.8) is 0 Å². The molecule has 0 bridgehead atoms. The Morgan fingerprint density at radius 2 is 2.04 bits per heavy atom. The number of guanidine groups is 1. The van der Waals surface area contributed by atoms with Crippen molar-refractivity contribution >= 4 is 21.9 Å². The van der Waals surface area contributed by atoms with Gasteiger partial charge in [-0.05, 0) is 0 Å². The quantitative estimate of drug-likeness (QED) is 0.502. The van der Waals surface area contributed by atoms with Crippen LogP contribution in [0.25, 0.3) is 0 Å². The Kier molecular flexibility index (Phi) is 6.98. The molecule has 1 N–H and O–H groups in total. The summed E-state index contributed by atoms with van der Waals surface area (Å²) >= 11 is 0. The second-order valence-corrected chi connectivity index (χ2v) is 8.11. The van der Waals surface area contributed by atoms with Gasteiger partial charge in [-0.25, -0.2) is 8.42 Å². The standard InChI is InChI=1S/C15H26N6O4S/c1-16-15(17-6-4-14(22)19(2)3)20-7-9-21(10-8-20)26(23,24)12-13-5-11-25-18-13/h5,11H,4,6-10,12H2,1-3H3,(H,16,17). The zero-order valence-electron chi connectivity index (χ0n) is 15.4. The predicted octanol–water partition coefficient (Wildman–Crippen LogP) is -0.824. The van der Waals surface area contributed by atoms with Crippen LogP contribution in [-0.4, -0.2) is 93.4 Å². The fraction of sp³-hybridized carbons (Fsp3) is 0.667. The Bertz CT molecular complexity index is 709. The number of rotatable bonds is 6. The molecule has 146 valence electrons. The molecule has 0 aliphatic carbocycles. The minimum atomic E-state index is -3.43. The van der Waals surface area contributed by atoms with Crippen LogP contribution in [0.4, 0.5) is 0 Å². The molecule has 2 heterocycles. The first-order valence-corrected chi connectivity index (χ1v) is 9.97. The van der Waals surface area contributed by atoms with Crippen LogP contribution in [0.15, 0.2) is 21.8 Å². The molecule has 0 aromatic carbocycles. The summed E-state index contributed by atoms with van der Waals surface area (Å²) in [5.41, 5.74) is 0.399. The average molecular weight is 386 g/mol. The molecule has 1 aliphatic heterocycles. The van der Waals surface area contributed by atoms with Gasteiger partial charge in [-0.2, -0.15) is 4.31 Å². The third kappa shape index (κ3) is 5.43. The molecule has 1 amide bonds. The number of nitrogens with zero attached hydrogens (tertiary/aromatic N) is 5. The second-order valence-electron chi connectivity index (χ2n) is 6.15. The first kappa shape index (κ1) is 20.2. The Morgan fingerprint density at radius 3 is 2.58 bits per heavy atom. The molecule has 0 spiro atoms. The number of amides is 1. The van der Waals surface area contributed by atoms with Crippen molar-refractivity contribution in [1.29, 1.82) is 0 Å². The topological polar surface area (TPSA) is 111 Å². The van der Waals surface area contributed by atoms with Crippen LogP contribution >= 0.6 is 0 Å². The molecule has 1 aromatic rings. The van der Waals surface area contributed by atoms with Gasteiger partial charge in [0.15, 0.2) is 5.96 Å². The third-order valence-corrected chi connectivity index (χ3v) is 5.90. The lowest BCUT2D eigenvalue weighted by Crippen LogP contribution is -2.54. The largest absolute Gasteiger partial charge is 0.364 e. The Balaban J connectivity index is 1.83. The van der Waals surface area contributed by atoms with E-state index in [-0.39, 0.29) is 11.7 Å². The molecule has 0 unspecified atom stereocenters. The minimum Gasteiger partial charge on any atom is -0.364 e. The zero-order chi connectivity index (χ0) is 19.2. The van der Waals surface area contributed by atoms with Gasteiger partial charge in [0.25, 0.3) is 0 Å². The van der Waals surface area contributed by atoms with Crippen molar-refractivity contribution in [2.75, 3.05) is 53.9 Å². The van der Waals surface area contributed by atoms with Crippen LogP contribution in [0, 0.1) is 0 Å². The minimum absolute atomic E-state index is 0.0386. The maximum absolute atomic E-state index is 12.4. The van der Waals surface area contributed by atoms with Crippen LogP contribution < -0.4 is 5.32 Å². The van der Waals surface area contributed by atoms with E-state index in [4.69, 9.17) is 0 Å². The molecule has 0 atom stereocenters. The van der Waals surface area contributed by atoms with E-state index in [0.717, 1.165) is 0 Å². The van der Waals surface area contributed by atoms with Crippen molar-refractivity contribution in [3.8, 4) is 0 Å². The summed E-state index contributed by atoms with van der Waals surface area (Å²) in [7, 11) is 1.68. The van der Waals surface area contributed by atoms with Crippen molar-refractivity contribution in [2.24, 2.45) is 4.99 Å². The second kappa shape index (κ2) is 8.99. The van der Waals surface area contributed by atoms with E-state index in [1.807, 2.05) is 4.90 Å². The van der Waals surface area contributed by atoms with Crippen molar-refractivity contribution < 1.29 is 17.7 Å². The van der Waals surface area contributed by atoms with Crippen LogP contribution in [-0.2, 0) is 20.6 Å². The Labute approximate surface area is 153 Å². The summed E-state index contributed by atoms with van der Waals surface area (Å²) in [6, 6.07) is 1.55. The van der Waals surface area contributed by atoms with E-state index >= 15 is 0 Å². The number of aromatic nitrogens is 1. The van der Waals surface area contributed by atoms with Gasteiger partial charge in [0.05, 0.1) is 5.69 Å². The molecule has 10 nitrogen and oxygen atoms in total. The van der Waals surface area contributed by atoms with Gasteiger partial charge >= 0.3 is 0 Å². The molecule has 1 aromatic heterocycles. The van der Waals surface area contributed by atoms with E-state index in [1.165, 1.54) is 10.6 Å². The highest BCUT2D eigenvalue weighted by Gasteiger charge is 2.28. The summed E-state index contributed by atoms with van der Waals surface area (Å²) in [6.07, 6.45) is 1.73. The fourth-order valence-corrected chi connectivity index (χ4v) is 4.03. The summed E-state index contributed by atoms with van der Waals surface area (Å²) in [4.78, 5) is 19.4. The Morgan fingerprint density at radius 1 is 1.35 bits per heavy atom. The molecule has 1 saturated heterocycles. The number of hydrogen-bond donors (Lipinski definition) is 1. The number of carbonyl (C=O) groups is 1. The van der Waals surface area contributed by atoms with Crippen LogP contribution in [0.2, 0.25) is 0 Å². The molecule has 1 fully saturated rings. The van der Waals surface area contributed by atoms with Crippen molar-refractivity contribution in [3.05, 3.63) is 18.0 Å². The summed E-state index contributed by atoms with van der Waals surface area (Å²) < 4.78 is 31.0. The van der Waals surface area contributed by atoms with E-state index < -0.39 is 10.0 Å². The monoisotopic (exact) mass is 386 g/mol. The normalized spacial score (nSPS) is 16.6. The van der Waals surface area contributed by atoms with E-state index in [1.54, 1.807) is 32.1 Å². The first-order chi connectivity index (χ1) is 12.3. The first-order valence-electron chi connectivity index (χ1n) is 8.36. The Hall–Kier alpha value is -2.14. The lowest BCUT2D eigenvalue weighted by atomic mass is 10.3. The van der Waals surface area contributed by atoms with E-state index in [2.05, 4.69) is 20.0 Å². The highest BCUT2D eigenvalue weighted by Crippen LogP contribution is 2.12. The van der Waals surface area contributed by atoms with Gasteiger partial charge in [0.1, 0.15) is 12.0 Å². The number of aliphatic imine (C=N–C) groups is 1. The lowest BCUT2D eigenvalue weighted by molar-refractivity contribution is -0.128. The average Bonchev–Trinajstić information content (AvgIpc) is 3.11. The fourth-order valence-electron chi connectivity index (χ4n) is 2.61. The van der Waals surface area contributed by atoms with Crippen molar-refractivity contribution in [2.45, 2.75) is 12.2 Å². The number of piperazine rings is 1. The summed E-state index contributed by atoms with van der Waals surface area (Å²) in [5.74, 6) is 0.546. The van der Waals surface area contributed by atoms with Crippen LogP contribution in [0.5, 0.6) is 0 Å². The maximum Gasteiger partial charge on any atom is 0.223 e. The number of nitrogens with one attached hydrogen (secondary N) is 1. The third-order valence-electron chi connectivity index (χ3n) is 4.09. The van der Waals surface area contributed by atoms with Gasteiger partial charge in [0.2, 0.25) is 15.9 Å². The van der Waals surface area contributed by atoms with Crippen LogP contribution in [0.3, 0.4) is 0 Å². The van der Waals surface area contributed by atoms with Crippen LogP contribution in [0.1, 0.15) is 12.1 Å². The molecule has 0 radical (unpaired) electrons. The van der Waals surface area contributed by atoms with Gasteiger partial charge in [0, 0.05) is 66.4 Å². The van der Waals surface area contributed by atoms with Gasteiger partial charge in [-0.3, -0.25) is 9.79 Å². The molecule has 0 saturated carbocycles. The zero-order valence-corrected chi connectivity index (χ0v) is 16.2. The highest BCUT2D eigenvalue weighted by atomic mass is 32.2. The van der Waals surface area contributed by atoms with E-state index in [9.17, 15) is 13.2 Å². The number of carbonyl (C=O) groups excluding carboxylic acids is 1. The smallest absolute Gasteiger partial charge is 0.223 e. The highest BCUT2D eigenvalue weighted by molar-refractivity contribution is 7.88. The van der Waals surface area contributed by atoms with E-state index in [0.29, 0.717) is 50.8 Å². The molecular formula is C15H26N6O4S. The van der Waals surface area contributed by atoms with Gasteiger partial charge in [-0.15, -0.1) is 0 Å². The molecule has 26 heavy (non-hydrogen) atoms. The van der Waals surface area contributed by atoms with Crippen molar-refractivity contribution in [1.82, 2.24) is 24.6 Å². The number of hydrogen-bond acceptors (Lipinski definition) is 6.